The maximum absolute atomic E-state index is 13.4. The van der Waals surface area contributed by atoms with Crippen molar-refractivity contribution in [2.45, 2.75) is 17.9 Å². The number of aromatic nitrogens is 2. The fourth-order valence-corrected chi connectivity index (χ4v) is 4.74. The number of morpholine rings is 1. The van der Waals surface area contributed by atoms with Gasteiger partial charge in [-0.25, -0.2) is 9.78 Å². The highest BCUT2D eigenvalue weighted by atomic mass is 32.2. The normalized spacial score (nSPS) is 14.4. The lowest BCUT2D eigenvalue weighted by Crippen LogP contribution is -2.39. The fourth-order valence-electron chi connectivity index (χ4n) is 3.92. The quantitative estimate of drug-likeness (QED) is 0.259. The van der Waals surface area contributed by atoms with Crippen molar-refractivity contribution in [1.82, 2.24) is 14.5 Å². The molecule has 1 saturated heterocycles. The van der Waals surface area contributed by atoms with Crippen molar-refractivity contribution in [3.8, 4) is 0 Å². The van der Waals surface area contributed by atoms with Gasteiger partial charge in [0.15, 0.2) is 5.16 Å². The molecular formula is C25H25F3N4O5S. The minimum absolute atomic E-state index is 0.00400. The molecule has 4 rings (SSSR count). The van der Waals surface area contributed by atoms with Crippen LogP contribution in [0.1, 0.15) is 15.9 Å². The topological polar surface area (TPSA) is 103 Å². The van der Waals surface area contributed by atoms with Gasteiger partial charge in [-0.05, 0) is 36.4 Å². The molecule has 1 fully saturated rings. The monoisotopic (exact) mass is 550 g/mol. The number of nitrogens with zero attached hydrogens (tertiary/aromatic N) is 3. The lowest BCUT2D eigenvalue weighted by molar-refractivity contribution is -0.137. The van der Waals surface area contributed by atoms with E-state index in [4.69, 9.17) is 9.47 Å². The van der Waals surface area contributed by atoms with Gasteiger partial charge in [0.2, 0.25) is 5.91 Å². The van der Waals surface area contributed by atoms with Gasteiger partial charge in [-0.2, -0.15) is 13.2 Å². The van der Waals surface area contributed by atoms with Crippen molar-refractivity contribution >= 4 is 40.2 Å². The summed E-state index contributed by atoms with van der Waals surface area (Å²) in [6.07, 6.45) is -4.54. The molecule has 0 unspecified atom stereocenters. The highest BCUT2D eigenvalue weighted by molar-refractivity contribution is 7.99. The van der Waals surface area contributed by atoms with E-state index in [0.29, 0.717) is 31.7 Å². The molecule has 1 N–H and O–H groups in total. The molecule has 0 saturated carbocycles. The molecule has 0 atom stereocenters. The summed E-state index contributed by atoms with van der Waals surface area (Å²) in [5.41, 5.74) is -0.722. The Morgan fingerprint density at radius 1 is 1.13 bits per heavy atom. The summed E-state index contributed by atoms with van der Waals surface area (Å²) >= 11 is 0.978. The first-order valence-corrected chi connectivity index (χ1v) is 12.7. The Morgan fingerprint density at radius 2 is 1.89 bits per heavy atom. The Kier molecular flexibility index (Phi) is 8.69. The number of amides is 1. The summed E-state index contributed by atoms with van der Waals surface area (Å²) in [6, 6.07) is 8.78. The molecule has 13 heteroatoms. The van der Waals surface area contributed by atoms with Crippen molar-refractivity contribution in [3.63, 3.8) is 0 Å². The van der Waals surface area contributed by atoms with Crippen LogP contribution in [0.4, 0.5) is 18.9 Å². The van der Waals surface area contributed by atoms with Gasteiger partial charge in [-0.3, -0.25) is 19.1 Å². The number of ether oxygens (including phenoxy) is 2. The number of methoxy groups -OCH3 is 1. The van der Waals surface area contributed by atoms with Crippen LogP contribution in [0.25, 0.3) is 10.9 Å². The maximum atomic E-state index is 13.4. The van der Waals surface area contributed by atoms with Gasteiger partial charge in [0, 0.05) is 31.9 Å². The van der Waals surface area contributed by atoms with Gasteiger partial charge >= 0.3 is 12.1 Å². The Morgan fingerprint density at radius 3 is 2.61 bits per heavy atom. The molecular weight excluding hydrogens is 525 g/mol. The van der Waals surface area contributed by atoms with E-state index in [1.165, 1.54) is 42.0 Å². The number of rotatable bonds is 8. The lowest BCUT2D eigenvalue weighted by Gasteiger charge is -2.27. The molecule has 2 heterocycles. The minimum Gasteiger partial charge on any atom is -0.465 e. The number of esters is 1. The maximum Gasteiger partial charge on any atom is 0.416 e. The summed E-state index contributed by atoms with van der Waals surface area (Å²) in [7, 11) is 1.24. The fraction of sp³-hybridized carbons (Fsp3) is 0.360. The number of carbonyl (C=O) groups excluding carboxylic acids is 2. The molecule has 9 nitrogen and oxygen atoms in total. The molecule has 38 heavy (non-hydrogen) atoms. The van der Waals surface area contributed by atoms with Crippen molar-refractivity contribution in [3.05, 3.63) is 63.9 Å². The number of hydrogen-bond acceptors (Lipinski definition) is 8. The van der Waals surface area contributed by atoms with Crippen LogP contribution in [0, 0.1) is 0 Å². The third-order valence-corrected chi connectivity index (χ3v) is 6.87. The molecule has 1 aromatic heterocycles. The smallest absolute Gasteiger partial charge is 0.416 e. The molecule has 0 spiro atoms. The van der Waals surface area contributed by atoms with Crippen LogP contribution in [0.3, 0.4) is 0 Å². The molecule has 2 aromatic carbocycles. The van der Waals surface area contributed by atoms with Crippen LogP contribution in [0.2, 0.25) is 0 Å². The largest absolute Gasteiger partial charge is 0.465 e. The van der Waals surface area contributed by atoms with Gasteiger partial charge in [0.1, 0.15) is 0 Å². The number of benzene rings is 2. The predicted octanol–water partition coefficient (Wildman–Crippen LogP) is 3.26. The van der Waals surface area contributed by atoms with E-state index in [0.717, 1.165) is 37.0 Å². The molecule has 1 amide bonds. The third-order valence-electron chi connectivity index (χ3n) is 5.89. The van der Waals surface area contributed by atoms with Crippen LogP contribution in [-0.4, -0.2) is 72.0 Å². The van der Waals surface area contributed by atoms with Crippen molar-refractivity contribution in [2.24, 2.45) is 0 Å². The second-order valence-electron chi connectivity index (χ2n) is 8.44. The first-order chi connectivity index (χ1) is 18.2. The second kappa shape index (κ2) is 12.0. The van der Waals surface area contributed by atoms with Crippen molar-refractivity contribution in [2.75, 3.05) is 51.0 Å². The lowest BCUT2D eigenvalue weighted by atomic mass is 10.1. The molecule has 0 bridgehead atoms. The molecule has 3 aromatic rings. The summed E-state index contributed by atoms with van der Waals surface area (Å²) in [5, 5.41) is 3.00. The molecule has 1 aliphatic heterocycles. The number of thioether (sulfide) groups is 1. The van der Waals surface area contributed by atoms with Crippen LogP contribution in [0.5, 0.6) is 0 Å². The zero-order valence-corrected chi connectivity index (χ0v) is 21.2. The van der Waals surface area contributed by atoms with E-state index in [1.807, 2.05) is 0 Å². The van der Waals surface area contributed by atoms with Crippen LogP contribution >= 0.6 is 11.8 Å². The van der Waals surface area contributed by atoms with E-state index in [-0.39, 0.29) is 33.2 Å². The molecule has 0 aliphatic carbocycles. The first-order valence-electron chi connectivity index (χ1n) is 11.7. The highest BCUT2D eigenvalue weighted by Crippen LogP contribution is 2.30. The number of anilines is 1. The van der Waals surface area contributed by atoms with Gasteiger partial charge in [-0.1, -0.05) is 17.8 Å². The third kappa shape index (κ3) is 6.71. The van der Waals surface area contributed by atoms with E-state index >= 15 is 0 Å². The van der Waals surface area contributed by atoms with Crippen molar-refractivity contribution < 1.29 is 32.2 Å². The Hall–Kier alpha value is -3.42. The van der Waals surface area contributed by atoms with Gasteiger partial charge in [0.25, 0.3) is 5.56 Å². The average molecular weight is 551 g/mol. The Balaban J connectivity index is 1.57. The van der Waals surface area contributed by atoms with Crippen LogP contribution in [0.15, 0.2) is 52.4 Å². The highest BCUT2D eigenvalue weighted by Gasteiger charge is 2.30. The standard InChI is InChI=1S/C25H25F3N4O5S/c1-36-23(35)16-5-6-19-20(13-16)30-24(32(22(19)34)8-7-31-9-11-37-12-10-31)38-15-21(33)29-18-4-2-3-17(14-18)25(26,27)28/h2-6,13-14H,7-12,15H2,1H3,(H,29,33). The van der Waals surface area contributed by atoms with Gasteiger partial charge in [0.05, 0.1) is 48.1 Å². The van der Waals surface area contributed by atoms with E-state index in [2.05, 4.69) is 15.2 Å². The average Bonchev–Trinajstić information content (AvgIpc) is 2.91. The van der Waals surface area contributed by atoms with Crippen LogP contribution < -0.4 is 10.9 Å². The van der Waals surface area contributed by atoms with Gasteiger partial charge < -0.3 is 14.8 Å². The number of halogens is 3. The van der Waals surface area contributed by atoms with E-state index < -0.39 is 23.6 Å². The second-order valence-corrected chi connectivity index (χ2v) is 9.39. The molecule has 1 aliphatic rings. The van der Waals surface area contributed by atoms with Crippen molar-refractivity contribution in [1.29, 1.82) is 0 Å². The predicted molar refractivity (Wildman–Crippen MR) is 135 cm³/mol. The number of hydrogen-bond donors (Lipinski definition) is 1. The summed E-state index contributed by atoms with van der Waals surface area (Å²) in [5.74, 6) is -1.35. The number of nitrogens with one attached hydrogen (secondary N) is 1. The SMILES string of the molecule is COC(=O)c1ccc2c(=O)n(CCN3CCOCC3)c(SCC(=O)Nc3cccc(C(F)(F)F)c3)nc2c1. The zero-order chi connectivity index (χ0) is 27.3. The number of carbonyl (C=O) groups is 2. The van der Waals surface area contributed by atoms with Crippen LogP contribution in [-0.2, 0) is 27.0 Å². The summed E-state index contributed by atoms with van der Waals surface area (Å²) < 4.78 is 50.6. The van der Waals surface area contributed by atoms with Gasteiger partial charge in [-0.15, -0.1) is 0 Å². The Labute approximate surface area is 219 Å². The molecule has 202 valence electrons. The molecule has 0 radical (unpaired) electrons. The first kappa shape index (κ1) is 27.6. The number of alkyl halides is 3. The Bertz CT molecular complexity index is 1390. The zero-order valence-electron chi connectivity index (χ0n) is 20.4. The summed E-state index contributed by atoms with van der Waals surface area (Å²) in [4.78, 5) is 44.6. The van der Waals surface area contributed by atoms with E-state index in [1.54, 1.807) is 0 Å². The van der Waals surface area contributed by atoms with E-state index in [9.17, 15) is 27.6 Å². The number of fused-ring (bicyclic) bond motifs is 1. The minimum atomic E-state index is -4.54. The summed E-state index contributed by atoms with van der Waals surface area (Å²) in [6.45, 7) is 3.50.